The van der Waals surface area contributed by atoms with E-state index in [0.717, 1.165) is 44.9 Å². The third-order valence-corrected chi connectivity index (χ3v) is 5.31. The third kappa shape index (κ3) is 3.96. The van der Waals surface area contributed by atoms with Crippen molar-refractivity contribution in [3.8, 4) is 0 Å². The Hall–Kier alpha value is -2.07. The smallest absolute Gasteiger partial charge is 0.289 e. The Bertz CT molecular complexity index is 698. The molecule has 0 bridgehead atoms. The monoisotopic (exact) mass is 338 g/mol. The molecule has 132 valence electrons. The molecule has 2 fully saturated rings. The number of carbonyl (C=O) groups is 1. The predicted octanol–water partition coefficient (Wildman–Crippen LogP) is 3.58. The molecular formula is C21H26N2O2. The highest BCUT2D eigenvalue weighted by molar-refractivity contribution is 5.92. The van der Waals surface area contributed by atoms with E-state index in [4.69, 9.17) is 4.42 Å². The Labute approximate surface area is 149 Å². The molecule has 1 aromatic heterocycles. The Morgan fingerprint density at radius 3 is 2.52 bits per heavy atom. The largest absolute Gasteiger partial charge is 0.455 e. The van der Waals surface area contributed by atoms with Crippen LogP contribution >= 0.6 is 0 Å². The molecule has 0 spiro atoms. The Kier molecular flexibility index (Phi) is 4.88. The van der Waals surface area contributed by atoms with Crippen molar-refractivity contribution in [2.24, 2.45) is 5.92 Å². The summed E-state index contributed by atoms with van der Waals surface area (Å²) in [5.74, 6) is 2.00. The van der Waals surface area contributed by atoms with E-state index in [1.54, 1.807) is 0 Å². The van der Waals surface area contributed by atoms with Crippen molar-refractivity contribution in [2.75, 3.05) is 26.2 Å². The maximum Gasteiger partial charge on any atom is 0.289 e. The van der Waals surface area contributed by atoms with Crippen LogP contribution in [0.15, 0.2) is 46.9 Å². The van der Waals surface area contributed by atoms with Crippen molar-refractivity contribution in [3.05, 3.63) is 59.5 Å². The second-order valence-electron chi connectivity index (χ2n) is 7.37. The molecule has 2 aliphatic rings. The lowest BCUT2D eigenvalue weighted by atomic mass is 9.92. The summed E-state index contributed by atoms with van der Waals surface area (Å²) in [4.78, 5) is 16.9. The van der Waals surface area contributed by atoms with E-state index >= 15 is 0 Å². The van der Waals surface area contributed by atoms with Crippen LogP contribution in [0.2, 0.25) is 0 Å². The van der Waals surface area contributed by atoms with Crippen LogP contribution in [-0.2, 0) is 13.0 Å². The first kappa shape index (κ1) is 16.4. The summed E-state index contributed by atoms with van der Waals surface area (Å²) in [5, 5.41) is 0. The maximum atomic E-state index is 12.5. The average molecular weight is 338 g/mol. The lowest BCUT2D eigenvalue weighted by Gasteiger charge is -2.38. The molecule has 4 nitrogen and oxygen atoms in total. The highest BCUT2D eigenvalue weighted by atomic mass is 16.4. The minimum Gasteiger partial charge on any atom is -0.455 e. The molecule has 1 aromatic carbocycles. The van der Waals surface area contributed by atoms with E-state index in [1.165, 1.54) is 24.8 Å². The average Bonchev–Trinajstić information content (AvgIpc) is 3.07. The number of carbonyl (C=O) groups excluding carboxylic acids is 1. The summed E-state index contributed by atoms with van der Waals surface area (Å²) in [7, 11) is 0. The molecule has 2 aromatic rings. The first-order valence-corrected chi connectivity index (χ1v) is 9.42. The summed E-state index contributed by atoms with van der Waals surface area (Å²) in [6.07, 6.45) is 4.91. The molecule has 2 aliphatic heterocycles. The van der Waals surface area contributed by atoms with Crippen LogP contribution in [0.1, 0.15) is 41.1 Å². The van der Waals surface area contributed by atoms with Crippen molar-refractivity contribution >= 4 is 5.91 Å². The fraction of sp³-hybridized carbons (Fsp3) is 0.476. The van der Waals surface area contributed by atoms with Gasteiger partial charge in [-0.25, -0.2) is 0 Å². The number of hydrogen-bond acceptors (Lipinski definition) is 3. The Morgan fingerprint density at radius 1 is 1.00 bits per heavy atom. The molecule has 0 radical (unpaired) electrons. The normalized spacial score (nSPS) is 19.0. The zero-order valence-corrected chi connectivity index (χ0v) is 14.7. The second kappa shape index (κ2) is 7.44. The minimum absolute atomic E-state index is 0.0363. The molecule has 4 heteroatoms. The van der Waals surface area contributed by atoms with Gasteiger partial charge in [0.15, 0.2) is 5.76 Å². The first-order chi connectivity index (χ1) is 12.3. The summed E-state index contributed by atoms with van der Waals surface area (Å²) >= 11 is 0. The van der Waals surface area contributed by atoms with Gasteiger partial charge in [0.25, 0.3) is 5.91 Å². The van der Waals surface area contributed by atoms with Gasteiger partial charge in [-0.1, -0.05) is 36.8 Å². The van der Waals surface area contributed by atoms with Crippen molar-refractivity contribution in [3.63, 3.8) is 0 Å². The molecule has 4 rings (SSSR count). The molecule has 3 heterocycles. The van der Waals surface area contributed by atoms with E-state index in [-0.39, 0.29) is 5.91 Å². The summed E-state index contributed by atoms with van der Waals surface area (Å²) in [6, 6.07) is 14.3. The number of furan rings is 1. The zero-order chi connectivity index (χ0) is 17.1. The van der Waals surface area contributed by atoms with E-state index in [1.807, 2.05) is 23.1 Å². The second-order valence-corrected chi connectivity index (χ2v) is 7.37. The van der Waals surface area contributed by atoms with Crippen LogP contribution in [-0.4, -0.2) is 41.9 Å². The fourth-order valence-electron chi connectivity index (χ4n) is 3.88. The lowest BCUT2D eigenvalue weighted by molar-refractivity contribution is 0.0465. The standard InChI is InChI=1S/C21H26N2O2/c24-21(23-14-18(15-23)13-17-7-3-1-4-8-17)20-10-9-19(25-20)16-22-11-5-2-6-12-22/h1,3-4,7-10,18H,2,5-6,11-16H2. The van der Waals surface area contributed by atoms with Crippen LogP contribution in [0.25, 0.3) is 0 Å². The van der Waals surface area contributed by atoms with Gasteiger partial charge in [0.2, 0.25) is 0 Å². The molecule has 25 heavy (non-hydrogen) atoms. The van der Waals surface area contributed by atoms with Crippen LogP contribution in [0.4, 0.5) is 0 Å². The van der Waals surface area contributed by atoms with E-state index in [9.17, 15) is 4.79 Å². The number of rotatable bonds is 5. The first-order valence-electron chi connectivity index (χ1n) is 9.42. The quantitative estimate of drug-likeness (QED) is 0.836. The van der Waals surface area contributed by atoms with Gasteiger partial charge in [-0.3, -0.25) is 9.69 Å². The Balaban J connectivity index is 1.27. The van der Waals surface area contributed by atoms with Gasteiger partial charge in [-0.2, -0.15) is 0 Å². The maximum absolute atomic E-state index is 12.5. The number of likely N-dealkylation sites (tertiary alicyclic amines) is 2. The molecule has 1 amide bonds. The van der Waals surface area contributed by atoms with Crippen LogP contribution in [0, 0.1) is 5.92 Å². The topological polar surface area (TPSA) is 36.7 Å². The number of hydrogen-bond donors (Lipinski definition) is 0. The predicted molar refractivity (Wildman–Crippen MR) is 97.4 cm³/mol. The molecular weight excluding hydrogens is 312 g/mol. The van der Waals surface area contributed by atoms with Gasteiger partial charge in [0, 0.05) is 13.1 Å². The van der Waals surface area contributed by atoms with Crippen molar-refractivity contribution in [1.29, 1.82) is 0 Å². The van der Waals surface area contributed by atoms with Gasteiger partial charge in [-0.15, -0.1) is 0 Å². The molecule has 0 atom stereocenters. The van der Waals surface area contributed by atoms with Crippen LogP contribution in [0.3, 0.4) is 0 Å². The third-order valence-electron chi connectivity index (χ3n) is 5.31. The molecule has 0 unspecified atom stereocenters. The number of nitrogens with zero attached hydrogens (tertiary/aromatic N) is 2. The van der Waals surface area contributed by atoms with Crippen molar-refractivity contribution in [2.45, 2.75) is 32.2 Å². The van der Waals surface area contributed by atoms with Crippen LogP contribution in [0.5, 0.6) is 0 Å². The highest BCUT2D eigenvalue weighted by Crippen LogP contribution is 2.24. The van der Waals surface area contributed by atoms with Gasteiger partial charge < -0.3 is 9.32 Å². The summed E-state index contributed by atoms with van der Waals surface area (Å²) in [5.41, 5.74) is 1.35. The van der Waals surface area contributed by atoms with Gasteiger partial charge in [-0.05, 0) is 56.0 Å². The van der Waals surface area contributed by atoms with Crippen LogP contribution < -0.4 is 0 Å². The highest BCUT2D eigenvalue weighted by Gasteiger charge is 2.32. The van der Waals surface area contributed by atoms with Gasteiger partial charge in [0.05, 0.1) is 6.54 Å². The van der Waals surface area contributed by atoms with Crippen molar-refractivity contribution in [1.82, 2.24) is 9.80 Å². The molecule has 0 aliphatic carbocycles. The fourth-order valence-corrected chi connectivity index (χ4v) is 3.88. The van der Waals surface area contributed by atoms with Gasteiger partial charge >= 0.3 is 0 Å². The number of piperidine rings is 1. The minimum atomic E-state index is 0.0363. The summed E-state index contributed by atoms with van der Waals surface area (Å²) < 4.78 is 5.83. The zero-order valence-electron chi connectivity index (χ0n) is 14.7. The van der Waals surface area contributed by atoms with E-state index in [2.05, 4.69) is 29.2 Å². The van der Waals surface area contributed by atoms with E-state index < -0.39 is 0 Å². The molecule has 0 saturated carbocycles. The Morgan fingerprint density at radius 2 is 1.76 bits per heavy atom. The number of benzene rings is 1. The van der Waals surface area contributed by atoms with Gasteiger partial charge in [0.1, 0.15) is 5.76 Å². The summed E-state index contributed by atoms with van der Waals surface area (Å²) in [6.45, 7) is 4.75. The SMILES string of the molecule is O=C(c1ccc(CN2CCCCC2)o1)N1CC(Cc2ccccc2)C1. The molecule has 2 saturated heterocycles. The number of amides is 1. The lowest BCUT2D eigenvalue weighted by Crippen LogP contribution is -2.50. The van der Waals surface area contributed by atoms with Crippen molar-refractivity contribution < 1.29 is 9.21 Å². The molecule has 0 N–H and O–H groups in total. The van der Waals surface area contributed by atoms with E-state index in [0.29, 0.717) is 11.7 Å².